The zero-order valence-corrected chi connectivity index (χ0v) is 9.62. The molecule has 0 fully saturated rings. The van der Waals surface area contributed by atoms with Gasteiger partial charge in [-0.2, -0.15) is 4.99 Å². The Morgan fingerprint density at radius 2 is 2.00 bits per heavy atom. The highest BCUT2D eigenvalue weighted by molar-refractivity contribution is 5.94. The quantitative estimate of drug-likeness (QED) is 0.313. The smallest absolute Gasteiger partial charge is 0.337 e. The van der Waals surface area contributed by atoms with Gasteiger partial charge in [0.05, 0.1) is 12.7 Å². The summed E-state index contributed by atoms with van der Waals surface area (Å²) in [4.78, 5) is 18.5. The number of aromatic hydroxyl groups is 1. The summed E-state index contributed by atoms with van der Waals surface area (Å²) in [7, 11) is 1.24. The number of esters is 1. The van der Waals surface area contributed by atoms with E-state index in [4.69, 9.17) is 17.2 Å². The normalized spacial score (nSPS) is 10.8. The molecule has 0 aliphatic heterocycles. The summed E-state index contributed by atoms with van der Waals surface area (Å²) in [5.41, 5.74) is 15.9. The van der Waals surface area contributed by atoms with Gasteiger partial charge in [0.25, 0.3) is 0 Å². The summed E-state index contributed by atoms with van der Waals surface area (Å²) in [6.45, 7) is 0. The lowest BCUT2D eigenvalue weighted by molar-refractivity contribution is 0.0600. The molecule has 96 valence electrons. The number of phenols is 1. The van der Waals surface area contributed by atoms with E-state index >= 15 is 0 Å². The molecule has 8 heteroatoms. The lowest BCUT2D eigenvalue weighted by atomic mass is 10.2. The molecule has 1 rings (SSSR count). The summed E-state index contributed by atoms with van der Waals surface area (Å²) in [5.74, 6) is -1.28. The lowest BCUT2D eigenvalue weighted by Gasteiger charge is -2.03. The van der Waals surface area contributed by atoms with Crippen molar-refractivity contribution in [2.24, 2.45) is 27.2 Å². The van der Waals surface area contributed by atoms with E-state index in [0.29, 0.717) is 0 Å². The summed E-state index contributed by atoms with van der Waals surface area (Å²) >= 11 is 0. The van der Waals surface area contributed by atoms with Gasteiger partial charge in [-0.3, -0.25) is 0 Å². The third-order valence-electron chi connectivity index (χ3n) is 1.88. The minimum absolute atomic E-state index is 0.130. The maximum absolute atomic E-state index is 11.2. The van der Waals surface area contributed by atoms with Crippen molar-refractivity contribution >= 4 is 23.6 Å². The van der Waals surface area contributed by atoms with Gasteiger partial charge in [-0.25, -0.2) is 9.79 Å². The number of carbonyl (C=O) groups excluding carboxylic acids is 1. The van der Waals surface area contributed by atoms with Gasteiger partial charge in [-0.15, -0.1) is 0 Å². The van der Waals surface area contributed by atoms with Crippen molar-refractivity contribution in [3.8, 4) is 5.75 Å². The number of carbonyl (C=O) groups is 1. The predicted octanol–water partition coefficient (Wildman–Crippen LogP) is -0.602. The number of methoxy groups -OCH3 is 1. The van der Waals surface area contributed by atoms with Crippen LogP contribution in [0.4, 0.5) is 5.69 Å². The van der Waals surface area contributed by atoms with Crippen molar-refractivity contribution in [1.82, 2.24) is 0 Å². The van der Waals surface area contributed by atoms with Gasteiger partial charge in [-0.05, 0) is 18.2 Å². The van der Waals surface area contributed by atoms with Gasteiger partial charge in [0.15, 0.2) is 5.96 Å². The molecule has 0 heterocycles. The van der Waals surface area contributed by atoms with E-state index in [1.54, 1.807) is 0 Å². The molecule has 0 spiro atoms. The van der Waals surface area contributed by atoms with Crippen LogP contribution in [0, 0.1) is 0 Å². The molecule has 0 radical (unpaired) electrons. The fraction of sp³-hybridized carbons (Fsp3) is 0.100. The Bertz CT molecular complexity index is 520. The van der Waals surface area contributed by atoms with Gasteiger partial charge >= 0.3 is 5.97 Å². The third-order valence-corrected chi connectivity index (χ3v) is 1.88. The van der Waals surface area contributed by atoms with Gasteiger partial charge in [0, 0.05) is 0 Å². The van der Waals surface area contributed by atoms with Crippen molar-refractivity contribution in [3.05, 3.63) is 23.8 Å². The second kappa shape index (κ2) is 5.53. The number of phenolic OH excluding ortho intramolecular Hbond substituents is 1. The second-order valence-corrected chi connectivity index (χ2v) is 3.20. The summed E-state index contributed by atoms with van der Waals surface area (Å²) in [5, 5.41) is 9.64. The number of aliphatic imine (C=N–C) groups is 2. The van der Waals surface area contributed by atoms with E-state index < -0.39 is 5.97 Å². The van der Waals surface area contributed by atoms with E-state index in [0.717, 1.165) is 0 Å². The Kier molecular flexibility index (Phi) is 4.08. The molecule has 0 bridgehead atoms. The lowest BCUT2D eigenvalue weighted by Crippen LogP contribution is -2.26. The molecule has 1 aromatic carbocycles. The van der Waals surface area contributed by atoms with Crippen LogP contribution in [0.15, 0.2) is 28.2 Å². The standard InChI is InChI=1S/C10H13N5O3/c1-18-8(17)5-2-3-6(7(16)4-5)14-10(13)15-9(11)12/h2-4,16H,1H3,(H6,11,12,13,14,15). The van der Waals surface area contributed by atoms with Gasteiger partial charge in [0.1, 0.15) is 11.4 Å². The Balaban J connectivity index is 3.07. The largest absolute Gasteiger partial charge is 0.506 e. The van der Waals surface area contributed by atoms with Gasteiger partial charge in [-0.1, -0.05) is 0 Å². The Morgan fingerprint density at radius 1 is 1.33 bits per heavy atom. The maximum atomic E-state index is 11.2. The molecular formula is C10H13N5O3. The van der Waals surface area contributed by atoms with E-state index in [1.165, 1.54) is 25.3 Å². The molecule has 7 N–H and O–H groups in total. The highest BCUT2D eigenvalue weighted by atomic mass is 16.5. The van der Waals surface area contributed by atoms with Crippen molar-refractivity contribution in [2.75, 3.05) is 7.11 Å². The number of hydrogen-bond acceptors (Lipinski definition) is 4. The summed E-state index contributed by atoms with van der Waals surface area (Å²) < 4.78 is 4.50. The molecule has 1 aromatic rings. The van der Waals surface area contributed by atoms with Crippen molar-refractivity contribution in [3.63, 3.8) is 0 Å². The van der Waals surface area contributed by atoms with Crippen LogP contribution in [0.1, 0.15) is 10.4 Å². The maximum Gasteiger partial charge on any atom is 0.337 e. The zero-order valence-electron chi connectivity index (χ0n) is 9.62. The number of ether oxygens (including phenoxy) is 1. The van der Waals surface area contributed by atoms with Gasteiger partial charge < -0.3 is 27.0 Å². The molecule has 0 aromatic heterocycles. The average Bonchev–Trinajstić information content (AvgIpc) is 2.29. The zero-order chi connectivity index (χ0) is 13.7. The monoisotopic (exact) mass is 251 g/mol. The summed E-state index contributed by atoms with van der Waals surface area (Å²) in [6, 6.07) is 4.01. The third kappa shape index (κ3) is 3.37. The molecule has 0 saturated heterocycles. The number of guanidine groups is 2. The van der Waals surface area contributed by atoms with E-state index in [1.807, 2.05) is 0 Å². The van der Waals surface area contributed by atoms with Crippen LogP contribution in [0.25, 0.3) is 0 Å². The fourth-order valence-corrected chi connectivity index (χ4v) is 1.14. The first-order valence-corrected chi connectivity index (χ1v) is 4.79. The van der Waals surface area contributed by atoms with Crippen LogP contribution in [-0.2, 0) is 4.74 Å². The topological polar surface area (TPSA) is 149 Å². The molecule has 0 atom stereocenters. The van der Waals surface area contributed by atoms with E-state index in [9.17, 15) is 9.90 Å². The number of rotatable bonds is 2. The fourth-order valence-electron chi connectivity index (χ4n) is 1.14. The number of nitrogens with two attached hydrogens (primary N) is 3. The van der Waals surface area contributed by atoms with Crippen LogP contribution < -0.4 is 17.2 Å². The second-order valence-electron chi connectivity index (χ2n) is 3.20. The SMILES string of the molecule is COC(=O)c1ccc(N=C(N)N=C(N)N)c(O)c1. The van der Waals surface area contributed by atoms with Gasteiger partial charge in [0.2, 0.25) is 5.96 Å². The molecule has 0 saturated carbocycles. The van der Waals surface area contributed by atoms with Crippen molar-refractivity contribution in [1.29, 1.82) is 0 Å². The van der Waals surface area contributed by atoms with Crippen LogP contribution in [0.5, 0.6) is 5.75 Å². The minimum Gasteiger partial charge on any atom is -0.506 e. The molecule has 0 aliphatic rings. The van der Waals surface area contributed by atoms with E-state index in [2.05, 4.69) is 14.7 Å². The Morgan fingerprint density at radius 3 is 2.50 bits per heavy atom. The highest BCUT2D eigenvalue weighted by Gasteiger charge is 2.09. The molecule has 0 amide bonds. The highest BCUT2D eigenvalue weighted by Crippen LogP contribution is 2.27. The Hall–Kier alpha value is -2.77. The predicted molar refractivity (Wildman–Crippen MR) is 66.5 cm³/mol. The molecular weight excluding hydrogens is 238 g/mol. The van der Waals surface area contributed by atoms with Crippen molar-refractivity contribution in [2.45, 2.75) is 0 Å². The molecule has 0 unspecified atom stereocenters. The minimum atomic E-state index is -0.571. The van der Waals surface area contributed by atoms with Crippen LogP contribution in [0.3, 0.4) is 0 Å². The van der Waals surface area contributed by atoms with Crippen LogP contribution in [-0.4, -0.2) is 30.1 Å². The first-order valence-electron chi connectivity index (χ1n) is 4.79. The molecule has 8 nitrogen and oxygen atoms in total. The number of hydrogen-bond donors (Lipinski definition) is 4. The first kappa shape index (κ1) is 13.3. The van der Waals surface area contributed by atoms with Crippen LogP contribution in [0.2, 0.25) is 0 Å². The molecule has 0 aliphatic carbocycles. The average molecular weight is 251 g/mol. The summed E-state index contributed by atoms with van der Waals surface area (Å²) in [6.07, 6.45) is 0. The Labute approximate surface area is 103 Å². The van der Waals surface area contributed by atoms with Crippen molar-refractivity contribution < 1.29 is 14.6 Å². The number of benzene rings is 1. The number of nitrogens with zero attached hydrogens (tertiary/aromatic N) is 2. The van der Waals surface area contributed by atoms with Crippen LogP contribution >= 0.6 is 0 Å². The molecule has 18 heavy (non-hydrogen) atoms. The van der Waals surface area contributed by atoms with E-state index in [-0.39, 0.29) is 28.9 Å². The first-order chi connectivity index (χ1) is 8.43.